The van der Waals surface area contributed by atoms with E-state index in [1.807, 2.05) is 32.9 Å². The number of hydrogen-bond acceptors (Lipinski definition) is 7. The van der Waals surface area contributed by atoms with E-state index in [0.717, 1.165) is 22.1 Å². The van der Waals surface area contributed by atoms with E-state index in [4.69, 9.17) is 16.3 Å². The van der Waals surface area contributed by atoms with Gasteiger partial charge in [-0.05, 0) is 56.7 Å². The van der Waals surface area contributed by atoms with Crippen molar-refractivity contribution in [1.82, 2.24) is 19.2 Å². The molecule has 250 valence electrons. The number of carbonyl (C=O) groups is 2. The number of aromatic nitrogens is 2. The lowest BCUT2D eigenvalue weighted by atomic mass is 9.99. The quantitative estimate of drug-likeness (QED) is 0.216. The summed E-state index contributed by atoms with van der Waals surface area (Å²) in [5.74, 6) is -3.48. The molecule has 11 nitrogen and oxygen atoms in total. The molecule has 3 heterocycles. The van der Waals surface area contributed by atoms with Gasteiger partial charge in [0, 0.05) is 68.7 Å². The zero-order valence-electron chi connectivity index (χ0n) is 26.5. The van der Waals surface area contributed by atoms with Gasteiger partial charge in [-0.15, -0.1) is 0 Å². The first kappa shape index (κ1) is 34.1. The molecule has 47 heavy (non-hydrogen) atoms. The van der Waals surface area contributed by atoms with E-state index >= 15 is 4.39 Å². The Labute approximate surface area is 276 Å². The van der Waals surface area contributed by atoms with Crippen LogP contribution in [0.3, 0.4) is 0 Å². The highest BCUT2D eigenvalue weighted by Crippen LogP contribution is 2.34. The van der Waals surface area contributed by atoms with Gasteiger partial charge < -0.3 is 19.5 Å². The zero-order valence-corrected chi connectivity index (χ0v) is 28.1. The van der Waals surface area contributed by atoms with Crippen LogP contribution in [0.1, 0.15) is 43.6 Å². The number of fused-ring (bicyclic) bond motifs is 1. The molecule has 15 heteroatoms. The van der Waals surface area contributed by atoms with E-state index in [-0.39, 0.29) is 18.2 Å². The minimum absolute atomic E-state index is 0.0524. The molecule has 2 N–H and O–H groups in total. The monoisotopic (exact) mass is 688 g/mol. The summed E-state index contributed by atoms with van der Waals surface area (Å²) < 4.78 is 63.8. The SMILES string of the molecule is CCN(C)S(=O)(=O)Nc1ccc(F)c(C(=O)c2c[nH]c3ncc(-c4ccc(N5CCN(C(=O)OC(C)(C)C)CC5)c(Cl)c4)cc23)c1F. The van der Waals surface area contributed by atoms with Gasteiger partial charge in [-0.25, -0.2) is 18.6 Å². The number of halogens is 3. The first-order valence-electron chi connectivity index (χ1n) is 14.9. The Morgan fingerprint density at radius 3 is 2.43 bits per heavy atom. The molecule has 0 radical (unpaired) electrons. The molecule has 0 unspecified atom stereocenters. The molecule has 4 aromatic rings. The van der Waals surface area contributed by atoms with Crippen LogP contribution < -0.4 is 9.62 Å². The molecule has 0 bridgehead atoms. The number of amides is 1. The third-order valence-corrected chi connectivity index (χ3v) is 9.60. The highest BCUT2D eigenvalue weighted by molar-refractivity contribution is 7.90. The lowest BCUT2D eigenvalue weighted by Gasteiger charge is -2.37. The lowest BCUT2D eigenvalue weighted by molar-refractivity contribution is 0.0240. The second-order valence-electron chi connectivity index (χ2n) is 12.1. The van der Waals surface area contributed by atoms with Crippen molar-refractivity contribution in [3.8, 4) is 11.1 Å². The standard InChI is InChI=1S/C32H35ClF2N6O5S/c1-6-39(5)47(44,45)38-25-9-8-24(34)27(28(25)35)29(42)22-18-37-30-21(22)15-20(17-36-30)19-7-10-26(23(33)16-19)40-11-13-41(14-12-40)31(43)46-32(2,3)4/h7-10,15-18,38H,6,11-14H2,1-5H3,(H,36,37). The van der Waals surface area contributed by atoms with E-state index in [1.165, 1.54) is 13.2 Å². The van der Waals surface area contributed by atoms with Gasteiger partial charge in [-0.1, -0.05) is 24.6 Å². The highest BCUT2D eigenvalue weighted by atomic mass is 35.5. The normalized spacial score (nSPS) is 14.1. The number of H-pyrrole nitrogens is 1. The van der Waals surface area contributed by atoms with Crippen LogP contribution in [-0.2, 0) is 14.9 Å². The largest absolute Gasteiger partial charge is 0.444 e. The summed E-state index contributed by atoms with van der Waals surface area (Å²) in [5, 5.41) is 0.775. The van der Waals surface area contributed by atoms with Gasteiger partial charge >= 0.3 is 16.3 Å². The van der Waals surface area contributed by atoms with Gasteiger partial charge in [0.1, 0.15) is 17.1 Å². The van der Waals surface area contributed by atoms with Crippen molar-refractivity contribution < 1.29 is 31.5 Å². The average molecular weight is 689 g/mol. The molecular formula is C32H35ClF2N6O5S. The Morgan fingerprint density at radius 2 is 1.79 bits per heavy atom. The molecule has 1 amide bonds. The maximum absolute atomic E-state index is 15.5. The molecule has 1 aliphatic heterocycles. The lowest BCUT2D eigenvalue weighted by Crippen LogP contribution is -2.50. The predicted molar refractivity (Wildman–Crippen MR) is 177 cm³/mol. The summed E-state index contributed by atoms with van der Waals surface area (Å²) in [6.07, 6.45) is 2.53. The fourth-order valence-electron chi connectivity index (χ4n) is 5.11. The molecule has 2 aromatic heterocycles. The number of ketones is 1. The van der Waals surface area contributed by atoms with Gasteiger partial charge in [0.05, 0.1) is 22.0 Å². The Kier molecular flexibility index (Phi) is 9.49. The fourth-order valence-corrected chi connectivity index (χ4v) is 6.34. The summed E-state index contributed by atoms with van der Waals surface area (Å²) in [6.45, 7) is 9.25. The van der Waals surface area contributed by atoms with Crippen LogP contribution in [0.5, 0.6) is 0 Å². The van der Waals surface area contributed by atoms with Crippen molar-refractivity contribution in [3.05, 3.63) is 76.6 Å². The molecule has 1 aliphatic rings. The third-order valence-electron chi connectivity index (χ3n) is 7.74. The number of piperazine rings is 1. The molecule has 5 rings (SSSR count). The number of carbonyl (C=O) groups excluding carboxylic acids is 2. The van der Waals surface area contributed by atoms with Crippen LogP contribution in [0.25, 0.3) is 22.2 Å². The summed E-state index contributed by atoms with van der Waals surface area (Å²) >= 11 is 6.72. The number of hydrogen-bond donors (Lipinski definition) is 2. The van der Waals surface area contributed by atoms with E-state index in [9.17, 15) is 22.4 Å². The maximum Gasteiger partial charge on any atom is 0.410 e. The van der Waals surface area contributed by atoms with Gasteiger partial charge in [-0.3, -0.25) is 9.52 Å². The Hall–Kier alpha value is -4.27. The van der Waals surface area contributed by atoms with Crippen LogP contribution >= 0.6 is 11.6 Å². The summed E-state index contributed by atoms with van der Waals surface area (Å²) in [5.41, 5.74) is 0.286. The summed E-state index contributed by atoms with van der Waals surface area (Å²) in [7, 11) is -2.84. The van der Waals surface area contributed by atoms with E-state index in [1.54, 1.807) is 30.2 Å². The van der Waals surface area contributed by atoms with Crippen molar-refractivity contribution in [2.45, 2.75) is 33.3 Å². The van der Waals surface area contributed by atoms with Gasteiger partial charge in [0.15, 0.2) is 5.82 Å². The summed E-state index contributed by atoms with van der Waals surface area (Å²) in [4.78, 5) is 37.0. The minimum atomic E-state index is -4.13. The maximum atomic E-state index is 15.5. The van der Waals surface area contributed by atoms with Crippen LogP contribution in [0.15, 0.2) is 48.8 Å². The van der Waals surface area contributed by atoms with Crippen LogP contribution in [-0.4, -0.2) is 84.8 Å². The Morgan fingerprint density at radius 1 is 1.09 bits per heavy atom. The van der Waals surface area contributed by atoms with Crippen molar-refractivity contribution in [3.63, 3.8) is 0 Å². The third kappa shape index (κ3) is 7.19. The number of nitrogens with one attached hydrogen (secondary N) is 2. The van der Waals surface area contributed by atoms with Crippen LogP contribution in [0, 0.1) is 11.6 Å². The molecule has 0 atom stereocenters. The van der Waals surface area contributed by atoms with Crippen molar-refractivity contribution in [2.75, 3.05) is 49.4 Å². The van der Waals surface area contributed by atoms with E-state index < -0.39 is 44.5 Å². The highest BCUT2D eigenvalue weighted by Gasteiger charge is 2.28. The second kappa shape index (κ2) is 13.1. The average Bonchev–Trinajstić information content (AvgIpc) is 3.44. The Balaban J connectivity index is 1.39. The number of aromatic amines is 1. The molecule has 1 fully saturated rings. The van der Waals surface area contributed by atoms with Crippen molar-refractivity contribution in [1.29, 1.82) is 0 Å². The molecule has 2 aromatic carbocycles. The number of ether oxygens (including phenoxy) is 1. The van der Waals surface area contributed by atoms with E-state index in [2.05, 4.69) is 19.6 Å². The van der Waals surface area contributed by atoms with Crippen molar-refractivity contribution >= 4 is 56.1 Å². The van der Waals surface area contributed by atoms with Gasteiger partial charge in [-0.2, -0.15) is 12.7 Å². The fraction of sp³-hybridized carbons (Fsp3) is 0.344. The number of rotatable bonds is 8. The number of benzene rings is 2. The van der Waals surface area contributed by atoms with Gasteiger partial charge in [0.2, 0.25) is 5.78 Å². The molecule has 0 saturated carbocycles. The smallest absolute Gasteiger partial charge is 0.410 e. The van der Waals surface area contributed by atoms with Gasteiger partial charge in [0.25, 0.3) is 0 Å². The minimum Gasteiger partial charge on any atom is -0.444 e. The first-order chi connectivity index (χ1) is 22.1. The number of pyridine rings is 1. The summed E-state index contributed by atoms with van der Waals surface area (Å²) in [6, 6.07) is 8.89. The predicted octanol–water partition coefficient (Wildman–Crippen LogP) is 6.06. The Bertz CT molecular complexity index is 1960. The number of anilines is 2. The van der Waals surface area contributed by atoms with Crippen LogP contribution in [0.4, 0.5) is 25.0 Å². The van der Waals surface area contributed by atoms with Crippen molar-refractivity contribution in [2.24, 2.45) is 0 Å². The molecular weight excluding hydrogens is 654 g/mol. The number of nitrogens with zero attached hydrogens (tertiary/aromatic N) is 4. The molecule has 0 aliphatic carbocycles. The van der Waals surface area contributed by atoms with E-state index in [0.29, 0.717) is 53.4 Å². The molecule has 1 saturated heterocycles. The first-order valence-corrected chi connectivity index (χ1v) is 16.7. The van der Waals surface area contributed by atoms with Crippen LogP contribution in [0.2, 0.25) is 5.02 Å². The molecule has 0 spiro atoms. The zero-order chi connectivity index (χ0) is 34.3. The topological polar surface area (TPSA) is 128 Å². The second-order valence-corrected chi connectivity index (χ2v) is 14.3.